The number of hydrogen-bond donors (Lipinski definition) is 0. The predicted octanol–water partition coefficient (Wildman–Crippen LogP) is 13.3. The lowest BCUT2D eigenvalue weighted by molar-refractivity contribution is 1.17. The van der Waals surface area contributed by atoms with Crippen LogP contribution in [0.3, 0.4) is 0 Å². The zero-order valence-corrected chi connectivity index (χ0v) is 32.3. The Kier molecular flexibility index (Phi) is 7.74. The quantitative estimate of drug-likeness (QED) is 0.169. The van der Waals surface area contributed by atoms with Gasteiger partial charge in [0.05, 0.1) is 22.1 Å². The van der Waals surface area contributed by atoms with E-state index >= 15 is 0 Å². The highest BCUT2D eigenvalue weighted by atomic mass is 15.1. The molecule has 0 saturated heterocycles. The van der Waals surface area contributed by atoms with E-state index in [1.165, 1.54) is 21.5 Å². The smallest absolute Gasteiger partial charge is 0.0804 e. The van der Waals surface area contributed by atoms with Gasteiger partial charge in [-0.15, -0.1) is 0 Å². The minimum atomic E-state index is 1.05. The molecular weight excluding hydrogens is 733 g/mol. The van der Waals surface area contributed by atoms with Gasteiger partial charge in [-0.25, -0.2) is 0 Å². The van der Waals surface area contributed by atoms with Crippen molar-refractivity contribution in [1.82, 2.24) is 29.1 Å². The molecule has 6 aromatic carbocycles. The number of benzene rings is 6. The van der Waals surface area contributed by atoms with E-state index in [4.69, 9.17) is 0 Å². The summed E-state index contributed by atoms with van der Waals surface area (Å²) in [4.78, 5) is 18.1. The van der Waals surface area contributed by atoms with Gasteiger partial charge in [-0.05, 0) is 129 Å². The Morgan fingerprint density at radius 3 is 0.900 bits per heavy atom. The number of hydrogen-bond acceptors (Lipinski definition) is 4. The number of rotatable bonds is 6. The summed E-state index contributed by atoms with van der Waals surface area (Å²) in [6.45, 7) is 0. The van der Waals surface area contributed by atoms with Crippen molar-refractivity contribution in [2.24, 2.45) is 0 Å². The minimum Gasteiger partial charge on any atom is -0.307 e. The molecule has 0 aliphatic rings. The molecule has 0 spiro atoms. The van der Waals surface area contributed by atoms with Crippen LogP contribution in [-0.4, -0.2) is 29.1 Å². The number of fused-ring (bicyclic) bond motifs is 7. The fourth-order valence-electron chi connectivity index (χ4n) is 8.97. The van der Waals surface area contributed by atoms with Gasteiger partial charge in [-0.3, -0.25) is 19.9 Å². The number of nitrogens with zero attached hydrogens (tertiary/aromatic N) is 6. The van der Waals surface area contributed by atoms with Crippen LogP contribution in [0, 0.1) is 0 Å². The molecule has 12 aromatic rings. The first-order valence-electron chi connectivity index (χ1n) is 20.1. The molecule has 0 amide bonds. The van der Waals surface area contributed by atoms with Crippen LogP contribution < -0.4 is 0 Å². The maximum absolute atomic E-state index is 4.52. The first-order chi connectivity index (χ1) is 29.7. The molecule has 280 valence electrons. The van der Waals surface area contributed by atoms with Crippen molar-refractivity contribution in [1.29, 1.82) is 0 Å². The molecule has 0 bridgehead atoms. The van der Waals surface area contributed by atoms with Crippen molar-refractivity contribution in [3.8, 4) is 55.9 Å². The first-order valence-corrected chi connectivity index (χ1v) is 20.1. The lowest BCUT2D eigenvalue weighted by Gasteiger charge is -2.15. The second-order valence-electron chi connectivity index (χ2n) is 15.3. The summed E-state index contributed by atoms with van der Waals surface area (Å²) >= 11 is 0. The summed E-state index contributed by atoms with van der Waals surface area (Å²) in [6, 6.07) is 57.0. The average Bonchev–Trinajstić information content (AvgIpc) is 3.82. The SMILES string of the molecule is c1cncc(-c2cc(-c3cccnc3)cc(-n3c4cc5ccccc5cc4c4c3c3cc5ccccc5cc3n4-c3cc(-c4cccnc4)cc(-c4cccnc4)c3)c2)c1. The zero-order valence-electron chi connectivity index (χ0n) is 32.3. The lowest BCUT2D eigenvalue weighted by atomic mass is 9.99. The Hall–Kier alpha value is -8.22. The number of pyridine rings is 4. The van der Waals surface area contributed by atoms with E-state index in [0.29, 0.717) is 0 Å². The van der Waals surface area contributed by atoms with Gasteiger partial charge in [0, 0.05) is 94.0 Å². The number of aromatic nitrogens is 6. The largest absolute Gasteiger partial charge is 0.307 e. The van der Waals surface area contributed by atoms with Crippen LogP contribution in [0.4, 0.5) is 0 Å². The fraction of sp³-hybridized carbons (Fsp3) is 0. The van der Waals surface area contributed by atoms with Crippen LogP contribution in [0.1, 0.15) is 0 Å². The minimum absolute atomic E-state index is 1.05. The maximum Gasteiger partial charge on any atom is 0.0804 e. The lowest BCUT2D eigenvalue weighted by Crippen LogP contribution is -1.97. The fourth-order valence-corrected chi connectivity index (χ4v) is 8.97. The van der Waals surface area contributed by atoms with Crippen LogP contribution in [0.2, 0.25) is 0 Å². The van der Waals surface area contributed by atoms with Crippen LogP contribution in [0.15, 0.2) is 207 Å². The van der Waals surface area contributed by atoms with Gasteiger partial charge < -0.3 is 9.13 Å². The molecule has 0 radical (unpaired) electrons. The molecule has 60 heavy (non-hydrogen) atoms. The van der Waals surface area contributed by atoms with E-state index in [1.54, 1.807) is 0 Å². The highest BCUT2D eigenvalue weighted by molar-refractivity contribution is 6.23. The molecule has 0 unspecified atom stereocenters. The Morgan fingerprint density at radius 1 is 0.283 bits per heavy atom. The molecular formula is C54H34N6. The summed E-state index contributed by atoms with van der Waals surface area (Å²) < 4.78 is 4.97. The van der Waals surface area contributed by atoms with Crippen LogP contribution in [0.5, 0.6) is 0 Å². The molecule has 12 rings (SSSR count). The predicted molar refractivity (Wildman–Crippen MR) is 246 cm³/mol. The summed E-state index contributed by atoms with van der Waals surface area (Å²) in [7, 11) is 0. The van der Waals surface area contributed by atoms with Crippen molar-refractivity contribution in [3.63, 3.8) is 0 Å². The first kappa shape index (κ1) is 33.9. The van der Waals surface area contributed by atoms with E-state index < -0.39 is 0 Å². The summed E-state index contributed by atoms with van der Waals surface area (Å²) in [5, 5.41) is 7.06. The normalized spacial score (nSPS) is 11.7. The second kappa shape index (κ2) is 13.7. The third-order valence-corrected chi connectivity index (χ3v) is 11.7. The van der Waals surface area contributed by atoms with Crippen LogP contribution in [0.25, 0.3) is 110 Å². The van der Waals surface area contributed by atoms with Crippen molar-refractivity contribution in [2.75, 3.05) is 0 Å². The van der Waals surface area contributed by atoms with Gasteiger partial charge in [0.15, 0.2) is 0 Å². The second-order valence-corrected chi connectivity index (χ2v) is 15.3. The monoisotopic (exact) mass is 766 g/mol. The molecule has 0 saturated carbocycles. The molecule has 0 N–H and O–H groups in total. The summed E-state index contributed by atoms with van der Waals surface area (Å²) in [5.41, 5.74) is 15.1. The summed E-state index contributed by atoms with van der Waals surface area (Å²) in [5.74, 6) is 0. The molecule has 6 nitrogen and oxygen atoms in total. The van der Waals surface area contributed by atoms with E-state index in [9.17, 15) is 0 Å². The van der Waals surface area contributed by atoms with Crippen molar-refractivity contribution < 1.29 is 0 Å². The highest BCUT2D eigenvalue weighted by Gasteiger charge is 2.25. The van der Waals surface area contributed by atoms with E-state index in [1.807, 2.05) is 73.8 Å². The average molecular weight is 767 g/mol. The molecule has 0 aliphatic heterocycles. The van der Waals surface area contributed by atoms with Gasteiger partial charge in [0.1, 0.15) is 0 Å². The standard InChI is InChI=1S/C54H34N6/c1-3-11-37-29-51-49(27-35(37)9-1)53-54(59(51)47-23-43(39-13-5-17-55-31-39)21-44(24-47)40-14-6-18-56-32-40)50-28-36-10-2-4-12-38(36)30-52(50)60(53)48-25-45(41-15-7-19-57-33-41)22-46(26-48)42-16-8-20-58-34-42/h1-34H. The Bertz CT molecular complexity index is 3220. The Morgan fingerprint density at radius 2 is 0.600 bits per heavy atom. The van der Waals surface area contributed by atoms with Crippen LogP contribution in [-0.2, 0) is 0 Å². The molecule has 0 aliphatic carbocycles. The Labute approximate surface area is 345 Å². The van der Waals surface area contributed by atoms with Crippen LogP contribution >= 0.6 is 0 Å². The third-order valence-electron chi connectivity index (χ3n) is 11.7. The Balaban J connectivity index is 1.27. The van der Waals surface area contributed by atoms with E-state index in [2.05, 4.69) is 163 Å². The van der Waals surface area contributed by atoms with Gasteiger partial charge >= 0.3 is 0 Å². The topological polar surface area (TPSA) is 61.4 Å². The van der Waals surface area contributed by atoms with Crippen molar-refractivity contribution in [2.45, 2.75) is 0 Å². The molecule has 6 aromatic heterocycles. The highest BCUT2D eigenvalue weighted by Crippen LogP contribution is 2.45. The van der Waals surface area contributed by atoms with Crippen molar-refractivity contribution in [3.05, 3.63) is 207 Å². The molecule has 6 heteroatoms. The third kappa shape index (κ3) is 5.57. The zero-order chi connectivity index (χ0) is 39.6. The maximum atomic E-state index is 4.52. The van der Waals surface area contributed by atoms with Crippen molar-refractivity contribution >= 4 is 54.4 Å². The van der Waals surface area contributed by atoms with Gasteiger partial charge in [-0.1, -0.05) is 72.8 Å². The van der Waals surface area contributed by atoms with Gasteiger partial charge in [0.2, 0.25) is 0 Å². The molecule has 0 atom stereocenters. The van der Waals surface area contributed by atoms with Gasteiger partial charge in [-0.2, -0.15) is 0 Å². The van der Waals surface area contributed by atoms with Gasteiger partial charge in [0.25, 0.3) is 0 Å². The summed E-state index contributed by atoms with van der Waals surface area (Å²) in [6.07, 6.45) is 15.1. The molecule has 6 heterocycles. The molecule has 0 fully saturated rings. The van der Waals surface area contributed by atoms with E-state index in [-0.39, 0.29) is 0 Å². The van der Waals surface area contributed by atoms with E-state index in [0.717, 1.165) is 88.7 Å².